The van der Waals surface area contributed by atoms with Crippen LogP contribution in [0.25, 0.3) is 0 Å². The number of benzene rings is 4. The van der Waals surface area contributed by atoms with Crippen LogP contribution in [0.2, 0.25) is 5.02 Å². The molecule has 4 aromatic rings. The van der Waals surface area contributed by atoms with Crippen LogP contribution in [-0.4, -0.2) is 59.3 Å². The number of fused-ring (bicyclic) bond motifs is 8. The molecule has 0 saturated heterocycles. The molecule has 2 N–H and O–H groups in total. The molecule has 0 radical (unpaired) electrons. The molecule has 1 saturated carbocycles. The number of amides is 1. The van der Waals surface area contributed by atoms with Crippen molar-refractivity contribution in [2.45, 2.75) is 95.8 Å². The lowest BCUT2D eigenvalue weighted by molar-refractivity contribution is -0.140. The van der Waals surface area contributed by atoms with Gasteiger partial charge in [-0.2, -0.15) is 0 Å². The van der Waals surface area contributed by atoms with E-state index in [9.17, 15) is 19.8 Å². The summed E-state index contributed by atoms with van der Waals surface area (Å²) in [4.78, 5) is 30.5. The van der Waals surface area contributed by atoms with Crippen LogP contribution in [0.5, 0.6) is 11.5 Å². The van der Waals surface area contributed by atoms with Crippen molar-refractivity contribution in [3.63, 3.8) is 0 Å². The van der Waals surface area contributed by atoms with Crippen LogP contribution in [0.15, 0.2) is 96.6 Å². The molecule has 9 heteroatoms. The average molecular weight is 782 g/mol. The first-order valence-corrected chi connectivity index (χ1v) is 19.9. The molecule has 1 fully saturated rings. The Kier molecular flexibility index (Phi) is 13.0. The van der Waals surface area contributed by atoms with Crippen molar-refractivity contribution < 1.29 is 33.7 Å². The van der Waals surface area contributed by atoms with E-state index >= 15 is 4.39 Å². The molecule has 4 atom stereocenters. The fourth-order valence-corrected chi connectivity index (χ4v) is 9.06. The van der Waals surface area contributed by atoms with Gasteiger partial charge in [-0.3, -0.25) is 9.59 Å². The molecule has 7 nitrogen and oxygen atoms in total. The first kappa shape index (κ1) is 41.1. The zero-order valence-corrected chi connectivity index (χ0v) is 33.6. The quantitative estimate of drug-likeness (QED) is 0.116. The number of ketones is 1. The van der Waals surface area contributed by atoms with Crippen molar-refractivity contribution in [1.82, 2.24) is 4.90 Å². The predicted molar refractivity (Wildman–Crippen MR) is 218 cm³/mol. The van der Waals surface area contributed by atoms with Crippen LogP contribution < -0.4 is 9.47 Å². The van der Waals surface area contributed by atoms with Gasteiger partial charge in [-0.05, 0) is 110 Å². The monoisotopic (exact) mass is 781 g/mol. The minimum atomic E-state index is -1.33. The molecule has 0 aliphatic heterocycles. The van der Waals surface area contributed by atoms with E-state index in [0.717, 1.165) is 28.7 Å². The number of hydrogen-bond acceptors (Lipinski definition) is 6. The van der Waals surface area contributed by atoms with Crippen molar-refractivity contribution in [3.8, 4) is 11.5 Å². The molecule has 0 spiro atoms. The number of methoxy groups -OCH3 is 2. The van der Waals surface area contributed by atoms with Crippen LogP contribution in [0.4, 0.5) is 4.39 Å². The number of ether oxygens (including phenoxy) is 2. The van der Waals surface area contributed by atoms with Crippen LogP contribution in [0.1, 0.15) is 96.5 Å². The molecular weight excluding hydrogens is 729 g/mol. The van der Waals surface area contributed by atoms with Crippen molar-refractivity contribution >= 4 is 23.3 Å². The van der Waals surface area contributed by atoms with Crippen molar-refractivity contribution in [2.75, 3.05) is 20.8 Å². The van der Waals surface area contributed by atoms with E-state index in [-0.39, 0.29) is 47.6 Å². The Bertz CT molecular complexity index is 2050. The highest BCUT2D eigenvalue weighted by atomic mass is 35.5. The molecule has 0 unspecified atom stereocenters. The second kappa shape index (κ2) is 17.7. The summed E-state index contributed by atoms with van der Waals surface area (Å²) in [6.45, 7) is 4.56. The number of aliphatic hydroxyl groups excluding tert-OH is 1. The van der Waals surface area contributed by atoms with Gasteiger partial charge in [0.15, 0.2) is 17.3 Å². The summed E-state index contributed by atoms with van der Waals surface area (Å²) < 4.78 is 26.0. The lowest BCUT2D eigenvalue weighted by Crippen LogP contribution is -2.53. The maximum Gasteiger partial charge on any atom is 0.227 e. The number of hydrogen-bond donors (Lipinski definition) is 2. The number of halogens is 2. The van der Waals surface area contributed by atoms with Gasteiger partial charge < -0.3 is 24.6 Å². The normalized spacial score (nSPS) is 22.5. The van der Waals surface area contributed by atoms with Crippen molar-refractivity contribution in [2.24, 2.45) is 5.41 Å². The molecule has 2 bridgehead atoms. The lowest BCUT2D eigenvalue weighted by atomic mass is 9.64. The minimum Gasteiger partial charge on any atom is -0.493 e. The van der Waals surface area contributed by atoms with E-state index in [4.69, 9.17) is 21.1 Å². The number of allylic oxidation sites excluding steroid dienone is 2. The first-order valence-electron chi connectivity index (χ1n) is 19.5. The van der Waals surface area contributed by atoms with E-state index in [1.807, 2.05) is 54.6 Å². The number of carbonyl (C=O) groups excluding carboxylic acids is 2. The van der Waals surface area contributed by atoms with Gasteiger partial charge in [0, 0.05) is 34.5 Å². The summed E-state index contributed by atoms with van der Waals surface area (Å²) in [6.07, 6.45) is 5.35. The summed E-state index contributed by atoms with van der Waals surface area (Å²) in [5.41, 5.74) is 2.94. The number of nitrogens with zero attached hydrogens (tertiary/aromatic N) is 1. The molecule has 3 aliphatic carbocycles. The molecule has 4 aromatic carbocycles. The molecule has 56 heavy (non-hydrogen) atoms. The summed E-state index contributed by atoms with van der Waals surface area (Å²) in [5.74, 6) is -0.125. The molecule has 296 valence electrons. The number of aliphatic hydroxyl groups is 2. The fourth-order valence-electron chi connectivity index (χ4n) is 8.83. The number of Topliss-reactive ketones (excluding diaryl/α,β-unsaturated/α-hetero) is 1. The number of rotatable bonds is 11. The molecule has 3 aliphatic rings. The van der Waals surface area contributed by atoms with E-state index in [0.29, 0.717) is 62.1 Å². The summed E-state index contributed by atoms with van der Waals surface area (Å²) in [7, 11) is 3.13. The van der Waals surface area contributed by atoms with Crippen LogP contribution >= 0.6 is 11.6 Å². The smallest absolute Gasteiger partial charge is 0.227 e. The highest BCUT2D eigenvalue weighted by Gasteiger charge is 2.57. The molecular formula is C47H53ClFNO6. The van der Waals surface area contributed by atoms with E-state index in [1.165, 1.54) is 17.7 Å². The van der Waals surface area contributed by atoms with Gasteiger partial charge in [-0.15, -0.1) is 0 Å². The van der Waals surface area contributed by atoms with Crippen molar-refractivity contribution in [1.29, 1.82) is 0 Å². The zero-order chi connectivity index (χ0) is 40.0. The van der Waals surface area contributed by atoms with Crippen molar-refractivity contribution in [3.05, 3.63) is 141 Å². The van der Waals surface area contributed by atoms with Gasteiger partial charge >= 0.3 is 0 Å². The Morgan fingerprint density at radius 1 is 0.911 bits per heavy atom. The summed E-state index contributed by atoms with van der Waals surface area (Å²) >= 11 is 6.41. The fraction of sp³-hybridized carbons (Fsp3) is 0.404. The van der Waals surface area contributed by atoms with Gasteiger partial charge in [-0.1, -0.05) is 84.8 Å². The highest BCUT2D eigenvalue weighted by molar-refractivity contribution is 6.31. The van der Waals surface area contributed by atoms with Crippen LogP contribution in [0.3, 0.4) is 0 Å². The largest absolute Gasteiger partial charge is 0.493 e. The second-order valence-electron chi connectivity index (χ2n) is 15.8. The summed E-state index contributed by atoms with van der Waals surface area (Å²) in [5, 5.41) is 24.3. The Morgan fingerprint density at radius 3 is 2.41 bits per heavy atom. The lowest BCUT2D eigenvalue weighted by Gasteiger charge is -2.46. The third-order valence-corrected chi connectivity index (χ3v) is 12.5. The van der Waals surface area contributed by atoms with Gasteiger partial charge in [0.25, 0.3) is 0 Å². The molecule has 1 amide bonds. The molecule has 7 rings (SSSR count). The third kappa shape index (κ3) is 9.04. The SMILES string of the molecule is COc1ccc(CC(=O)N(Cc2ccccc2)C[C@]2(O)CC[C@H]3c4ccc(cc4C(=O)Cc4c(F)cccc4Cl)C[C@@H](O)CCC(C)=CCC[C@@]32C)cc1OC. The topological polar surface area (TPSA) is 96.3 Å². The molecule has 0 heterocycles. The first-order chi connectivity index (χ1) is 26.8. The van der Waals surface area contributed by atoms with Gasteiger partial charge in [0.1, 0.15) is 5.82 Å². The maximum atomic E-state index is 15.0. The average Bonchev–Trinajstić information content (AvgIpc) is 3.43. The second-order valence-corrected chi connectivity index (χ2v) is 16.3. The Hall–Kier alpha value is -4.50. The Labute approximate surface area is 335 Å². The van der Waals surface area contributed by atoms with Crippen LogP contribution in [0, 0.1) is 11.2 Å². The molecule has 0 aromatic heterocycles. The van der Waals surface area contributed by atoms with Gasteiger partial charge in [0.05, 0.1) is 38.9 Å². The third-order valence-electron chi connectivity index (χ3n) is 12.2. The zero-order valence-electron chi connectivity index (χ0n) is 32.8. The standard InChI is InChI=1S/C47H53ClFNO6/c1-31-10-9-22-46(2)39(36-19-16-33(24-35(51)18-15-31)25-37(36)42(52)28-38-40(48)13-8-14-41(38)49)21-23-47(46,54)30-50(29-32-11-6-5-7-12-32)45(53)27-34-17-20-43(55-3)44(26-34)56-4/h5-8,10-14,16-17,19-20,25-26,35,39,51,54H,9,15,18,21-24,27-30H2,1-4H3/t35-,39-,46-,47+/m0/s1. The summed E-state index contributed by atoms with van der Waals surface area (Å²) in [6, 6.07) is 25.4. The minimum absolute atomic E-state index is 0.0854. The van der Waals surface area contributed by atoms with E-state index < -0.39 is 22.9 Å². The predicted octanol–water partition coefficient (Wildman–Crippen LogP) is 9.23. The van der Waals surface area contributed by atoms with Gasteiger partial charge in [-0.25, -0.2) is 4.39 Å². The number of carbonyl (C=O) groups is 2. The van der Waals surface area contributed by atoms with Crippen LogP contribution in [-0.2, 0) is 30.6 Å². The Balaban J connectivity index is 1.40. The van der Waals surface area contributed by atoms with E-state index in [1.54, 1.807) is 37.3 Å². The van der Waals surface area contributed by atoms with Gasteiger partial charge in [0.2, 0.25) is 5.91 Å². The van der Waals surface area contributed by atoms with E-state index in [2.05, 4.69) is 19.9 Å². The Morgan fingerprint density at radius 2 is 1.68 bits per heavy atom. The maximum absolute atomic E-state index is 15.0. The highest BCUT2D eigenvalue weighted by Crippen LogP contribution is 2.59.